The molecule has 4 aliphatic rings. The Bertz CT molecular complexity index is 1850. The van der Waals surface area contributed by atoms with Gasteiger partial charge in [-0.15, -0.1) is 0 Å². The number of aromatic nitrogens is 1. The molecular weight excluding hydrogens is 757 g/mol. The van der Waals surface area contributed by atoms with Gasteiger partial charge in [-0.2, -0.15) is 0 Å². The van der Waals surface area contributed by atoms with Crippen LogP contribution in [0.4, 0.5) is 0 Å². The molecule has 1 aromatic carbocycles. The van der Waals surface area contributed by atoms with Gasteiger partial charge in [-0.25, -0.2) is 0 Å². The third-order valence-electron chi connectivity index (χ3n) is 13.8. The van der Waals surface area contributed by atoms with Gasteiger partial charge >= 0.3 is 0 Å². The Kier molecular flexibility index (Phi) is 16.6. The summed E-state index contributed by atoms with van der Waals surface area (Å²) in [6.45, 7) is 6.85. The van der Waals surface area contributed by atoms with Crippen LogP contribution in [0.15, 0.2) is 51.9 Å². The molecule has 12 heteroatoms. The number of aliphatic hydroxyl groups excluding tert-OH is 3. The van der Waals surface area contributed by atoms with Gasteiger partial charge in [0.15, 0.2) is 17.5 Å². The molecule has 0 radical (unpaired) electrons. The smallest absolute Gasteiger partial charge is 0.188 e. The predicted molar refractivity (Wildman–Crippen MR) is 238 cm³/mol. The van der Waals surface area contributed by atoms with Gasteiger partial charge < -0.3 is 56.7 Å². The second kappa shape index (κ2) is 21.8. The van der Waals surface area contributed by atoms with Crippen LogP contribution in [-0.4, -0.2) is 77.3 Å². The van der Waals surface area contributed by atoms with Crippen LogP contribution in [0.1, 0.15) is 142 Å². The predicted octanol–water partition coefficient (Wildman–Crippen LogP) is 6.62. The molecule has 3 aromatic rings. The molecule has 1 fully saturated rings. The van der Waals surface area contributed by atoms with Crippen molar-refractivity contribution in [1.29, 1.82) is 0 Å². The molecule has 2 aromatic heterocycles. The Balaban J connectivity index is 0.988. The summed E-state index contributed by atoms with van der Waals surface area (Å²) >= 11 is 0. The van der Waals surface area contributed by atoms with E-state index in [9.17, 15) is 20.4 Å². The number of hydrogen-bond donors (Lipinski definition) is 9. The number of rotatable bonds is 25. The first kappa shape index (κ1) is 45.7. The summed E-state index contributed by atoms with van der Waals surface area (Å²) in [5.74, 6) is 4.87. The van der Waals surface area contributed by atoms with Crippen molar-refractivity contribution in [1.82, 2.24) is 15.6 Å². The summed E-state index contributed by atoms with van der Waals surface area (Å²) < 4.78 is 12.4. The number of aliphatic hydroxyl groups is 3. The van der Waals surface area contributed by atoms with Gasteiger partial charge in [0.1, 0.15) is 24.2 Å². The standard InChI is InChI=1S/C48H74N6O6/c1-31(26-53-47(50)51-3)8-6-10-33(18-21-49)9-4-5-12-44-36(29-55)24-38(60-44)15-13-34-14-16-42(57)45(22-34)59-30-43(58)41-25-39-40(28-52-27-32(2)56)48-19-7-11-37(48)23-35(17-20-48)46(39)54-41/h14,16-17,20,22,24-25,31-33,35,37,40,43,52,54-58H,4-13,15,18-19,21,23,26-30,49H2,1-3H3,(H3,50,51,53)/t31-,32+,33-,35+,37-,40+,43+,48-/m1/s1. The van der Waals surface area contributed by atoms with Crippen molar-refractivity contribution in [2.24, 2.45) is 39.6 Å². The van der Waals surface area contributed by atoms with Gasteiger partial charge in [0.25, 0.3) is 0 Å². The third kappa shape index (κ3) is 11.6. The lowest BCUT2D eigenvalue weighted by Crippen LogP contribution is -2.39. The molecule has 332 valence electrons. The molecule has 8 atom stereocenters. The highest BCUT2D eigenvalue weighted by Crippen LogP contribution is 2.62. The van der Waals surface area contributed by atoms with Gasteiger partial charge in [-0.1, -0.05) is 57.2 Å². The van der Waals surface area contributed by atoms with Crippen LogP contribution in [-0.2, 0) is 25.9 Å². The highest BCUT2D eigenvalue weighted by Gasteiger charge is 2.53. The van der Waals surface area contributed by atoms with E-state index in [-0.39, 0.29) is 30.3 Å². The first-order valence-corrected chi connectivity index (χ1v) is 22.8. The molecule has 2 bridgehead atoms. The number of phenolic OH excluding ortho intramolecular Hbond substituents is 1. The minimum atomic E-state index is -0.904. The minimum Gasteiger partial charge on any atom is -0.504 e. The molecule has 60 heavy (non-hydrogen) atoms. The summed E-state index contributed by atoms with van der Waals surface area (Å²) in [5.41, 5.74) is 16.8. The number of furan rings is 1. The minimum absolute atomic E-state index is 0.00786. The number of nitrogens with two attached hydrogens (primary N) is 2. The summed E-state index contributed by atoms with van der Waals surface area (Å²) in [7, 11) is 1.69. The summed E-state index contributed by atoms with van der Waals surface area (Å²) in [5, 5.41) is 48.9. The fourth-order valence-electron chi connectivity index (χ4n) is 10.4. The third-order valence-corrected chi connectivity index (χ3v) is 13.8. The van der Waals surface area contributed by atoms with Gasteiger partial charge in [0.2, 0.25) is 0 Å². The van der Waals surface area contributed by atoms with Crippen molar-refractivity contribution in [3.63, 3.8) is 0 Å². The lowest BCUT2D eigenvalue weighted by atomic mass is 9.64. The van der Waals surface area contributed by atoms with Crippen molar-refractivity contribution < 1.29 is 29.6 Å². The summed E-state index contributed by atoms with van der Waals surface area (Å²) in [6.07, 6.45) is 18.2. The van der Waals surface area contributed by atoms with Crippen molar-refractivity contribution in [3.05, 3.63) is 82.1 Å². The van der Waals surface area contributed by atoms with Crippen molar-refractivity contribution in [2.45, 2.75) is 134 Å². The number of H-pyrrole nitrogens is 1. The molecule has 0 unspecified atom stereocenters. The number of aromatic amines is 1. The topological polar surface area (TPSA) is 208 Å². The van der Waals surface area contributed by atoms with Crippen LogP contribution in [0.3, 0.4) is 0 Å². The zero-order valence-corrected chi connectivity index (χ0v) is 36.4. The lowest BCUT2D eigenvalue weighted by Gasteiger charge is -2.41. The van der Waals surface area contributed by atoms with Crippen molar-refractivity contribution >= 4 is 5.96 Å². The summed E-state index contributed by atoms with van der Waals surface area (Å²) in [4.78, 5) is 7.57. The molecule has 4 aliphatic carbocycles. The number of unbranched alkanes of at least 4 members (excludes halogenated alkanes) is 1. The van der Waals surface area contributed by atoms with Crippen LogP contribution < -0.4 is 26.8 Å². The van der Waals surface area contributed by atoms with Gasteiger partial charge in [0.05, 0.1) is 12.7 Å². The van der Waals surface area contributed by atoms with E-state index >= 15 is 0 Å². The number of aliphatic imine (C=N–C) groups is 1. The molecule has 0 saturated heterocycles. The van der Waals surface area contributed by atoms with Gasteiger partial charge in [0, 0.05) is 68.3 Å². The number of ether oxygens (including phenoxy) is 1. The van der Waals surface area contributed by atoms with E-state index in [0.29, 0.717) is 61.3 Å². The van der Waals surface area contributed by atoms with E-state index in [1.807, 2.05) is 25.1 Å². The highest BCUT2D eigenvalue weighted by molar-refractivity contribution is 5.77. The first-order chi connectivity index (χ1) is 29.0. The molecular formula is C48H74N6O6. The van der Waals surface area contributed by atoms with Crippen LogP contribution in [0.25, 0.3) is 0 Å². The fraction of sp³-hybridized carbons (Fsp3) is 0.646. The van der Waals surface area contributed by atoms with E-state index in [1.165, 1.54) is 36.9 Å². The number of aromatic hydroxyl groups is 1. The number of allylic oxidation sites excluding steroid dienone is 2. The number of aryl methyl sites for hydroxylation is 3. The van der Waals surface area contributed by atoms with E-state index in [1.54, 1.807) is 13.1 Å². The van der Waals surface area contributed by atoms with Crippen LogP contribution in [0.2, 0.25) is 0 Å². The highest BCUT2D eigenvalue weighted by atomic mass is 16.5. The number of nitrogens with one attached hydrogen (secondary N) is 3. The number of guanidine groups is 1. The first-order valence-electron chi connectivity index (χ1n) is 22.8. The summed E-state index contributed by atoms with van der Waals surface area (Å²) in [6, 6.07) is 9.46. The Labute approximate surface area is 357 Å². The molecule has 1 saturated carbocycles. The molecule has 0 aliphatic heterocycles. The Morgan fingerprint density at radius 2 is 1.88 bits per heavy atom. The Hall–Kier alpha value is -3.81. The molecule has 1 spiro atoms. The normalized spacial score (nSPS) is 22.9. The van der Waals surface area contributed by atoms with Crippen LogP contribution in [0.5, 0.6) is 11.5 Å². The maximum absolute atomic E-state index is 11.4. The second-order valence-electron chi connectivity index (χ2n) is 18.2. The molecule has 0 amide bonds. The zero-order chi connectivity index (χ0) is 42.6. The largest absolute Gasteiger partial charge is 0.504 e. The molecule has 2 heterocycles. The van der Waals surface area contributed by atoms with Gasteiger partial charge in [-0.05, 0) is 117 Å². The average molecular weight is 831 g/mol. The van der Waals surface area contributed by atoms with E-state index in [4.69, 9.17) is 20.6 Å². The Morgan fingerprint density at radius 3 is 2.67 bits per heavy atom. The second-order valence-corrected chi connectivity index (χ2v) is 18.2. The SMILES string of the molecule is CN=C(N)NC[C@H](C)CCC[C@H](CCN)CCCCc1oc(CCc2ccc(O)c(OC[C@H](O)c3cc4c([nH]3)[C@H]3C=C[C@@]5(CCC[C@@H]5C3)[C@H]4CNC[C@H](C)O)c2)cc1CO. The number of phenols is 1. The van der Waals surface area contributed by atoms with Gasteiger partial charge in [-0.3, -0.25) is 4.99 Å². The zero-order valence-electron chi connectivity index (χ0n) is 36.4. The monoisotopic (exact) mass is 831 g/mol. The van der Waals surface area contributed by atoms with E-state index in [2.05, 4.69) is 45.8 Å². The molecule has 11 N–H and O–H groups in total. The fourth-order valence-corrected chi connectivity index (χ4v) is 10.4. The number of nitrogens with zero attached hydrogens (tertiary/aromatic N) is 1. The number of benzene rings is 1. The van der Waals surface area contributed by atoms with Crippen LogP contribution >= 0.6 is 0 Å². The van der Waals surface area contributed by atoms with Crippen molar-refractivity contribution in [2.75, 3.05) is 39.8 Å². The Morgan fingerprint density at radius 1 is 1.05 bits per heavy atom. The van der Waals surface area contributed by atoms with Crippen LogP contribution in [0, 0.1) is 23.2 Å². The lowest BCUT2D eigenvalue weighted by molar-refractivity contribution is 0.103. The average Bonchev–Trinajstić information content (AvgIpc) is 3.96. The van der Waals surface area contributed by atoms with E-state index in [0.717, 1.165) is 92.8 Å². The molecule has 12 nitrogen and oxygen atoms in total. The quantitative estimate of drug-likeness (QED) is 0.0193. The maximum Gasteiger partial charge on any atom is 0.188 e. The van der Waals surface area contributed by atoms with E-state index < -0.39 is 12.2 Å². The van der Waals surface area contributed by atoms with Crippen molar-refractivity contribution in [3.8, 4) is 11.5 Å². The molecule has 7 rings (SSSR count). The number of hydrogen-bond acceptors (Lipinski definition) is 9. The maximum atomic E-state index is 11.4.